The Morgan fingerprint density at radius 1 is 0.318 bits per heavy atom. The number of nitrogens with one attached hydrogen (secondary N) is 7. The van der Waals surface area contributed by atoms with Crippen molar-refractivity contribution in [2.24, 2.45) is 0 Å². The minimum absolute atomic E-state index is 0.893. The number of nitrogens with zero attached hydrogens (tertiary/aromatic N) is 7. The van der Waals surface area contributed by atoms with Crippen molar-refractivity contribution < 1.29 is 18.9 Å². The maximum absolute atomic E-state index is 5.34. The number of thioether (sulfide) groups is 6. The summed E-state index contributed by atoms with van der Waals surface area (Å²) in [6, 6.07) is 46.6. The predicted octanol–water partition coefficient (Wildman–Crippen LogP) is 10.1. The molecular weight excluding hydrogens is 1470 g/mol. The van der Waals surface area contributed by atoms with E-state index in [1.54, 1.807) is 0 Å². The second kappa shape index (κ2) is 72.9. The smallest absolute Gasteiger partial charge is 0.0594 e. The van der Waals surface area contributed by atoms with Crippen molar-refractivity contribution in [3.8, 4) is 0 Å². The van der Waals surface area contributed by atoms with E-state index in [2.05, 4.69) is 251 Å². The summed E-state index contributed by atoms with van der Waals surface area (Å²) in [5.74, 6) is 6.99. The fraction of sp³-hybridized carbons (Fsp3) is 0.659. The van der Waals surface area contributed by atoms with Crippen LogP contribution >= 0.6 is 81.9 Å². The van der Waals surface area contributed by atoms with Crippen molar-refractivity contribution in [3.63, 3.8) is 0 Å². The molecule has 18 nitrogen and oxygen atoms in total. The Kier molecular flexibility index (Phi) is 66.3. The number of rotatable bonds is 46. The predicted molar refractivity (Wildman–Crippen MR) is 475 cm³/mol. The number of morpholine rings is 4. The first-order chi connectivity index (χ1) is 52.8. The zero-order valence-electron chi connectivity index (χ0n) is 66.8. The summed E-state index contributed by atoms with van der Waals surface area (Å²) in [5, 5.41) is 26.3. The number of benzene rings is 4. The molecule has 0 aliphatic carbocycles. The van der Waals surface area contributed by atoms with Crippen molar-refractivity contribution in [1.82, 2.24) is 71.5 Å². The number of likely N-dealkylation sites (tertiary alicyclic amines) is 1. The minimum atomic E-state index is 0.893. The van der Waals surface area contributed by atoms with Gasteiger partial charge < -0.3 is 70.9 Å². The molecule has 5 aromatic rings. The van der Waals surface area contributed by atoms with Crippen LogP contribution in [0.15, 0.2) is 158 Å². The van der Waals surface area contributed by atoms with E-state index < -0.39 is 0 Å². The highest BCUT2D eigenvalue weighted by molar-refractivity contribution is 8.00. The van der Waals surface area contributed by atoms with E-state index in [4.69, 9.17) is 18.9 Å². The lowest BCUT2D eigenvalue weighted by atomic mass is 10.3. The van der Waals surface area contributed by atoms with Crippen LogP contribution in [0.2, 0.25) is 0 Å². The van der Waals surface area contributed by atoms with Gasteiger partial charge in [0.05, 0.1) is 52.9 Å². The normalized spacial score (nSPS) is 15.8. The number of hydrogen-bond donors (Lipinski definition) is 7. The van der Waals surface area contributed by atoms with Crippen LogP contribution in [0.5, 0.6) is 0 Å². The van der Waals surface area contributed by atoms with Gasteiger partial charge in [-0.1, -0.05) is 78.9 Å². The van der Waals surface area contributed by atoms with Crippen LogP contribution in [-0.2, 0) is 25.5 Å². The molecule has 1 aromatic heterocycles. The molecule has 5 aliphatic heterocycles. The van der Waals surface area contributed by atoms with Crippen molar-refractivity contribution >= 4 is 81.9 Å². The third-order valence-electron chi connectivity index (χ3n) is 17.3. The molecule has 5 aliphatic rings. The molecule has 0 bridgehead atoms. The third-order valence-corrected chi connectivity index (χ3v) is 23.5. The molecule has 5 saturated heterocycles. The summed E-state index contributed by atoms with van der Waals surface area (Å²) in [5.41, 5.74) is 0. The number of thiophene rings is 1. The van der Waals surface area contributed by atoms with Gasteiger partial charge in [0, 0.05) is 236 Å². The molecule has 25 heteroatoms. The van der Waals surface area contributed by atoms with Gasteiger partial charge in [-0.05, 0) is 146 Å². The highest BCUT2D eigenvalue weighted by atomic mass is 32.2. The molecule has 0 atom stereocenters. The van der Waals surface area contributed by atoms with E-state index in [1.165, 1.54) is 81.4 Å². The van der Waals surface area contributed by atoms with Crippen molar-refractivity contribution in [1.29, 1.82) is 0 Å². The maximum atomic E-state index is 5.34. The SMILES string of the molecule is CN(C)CCNCCSc1ccccc1.CSCCNCCN(C)C.CSCCNCCN1CCOCC1.c1ccc(SCCNCCCN2CCOCC2)cc1.c1ccc(SCCNCCN2CCCC2)cc1.c1ccc(SCCNCCN2CCOCC2)cc1.c1csc(CNCCN2CCOCC2)c1. The Balaban J connectivity index is 0.000000266. The average Bonchev–Trinajstić information content (AvgIpc) is 2.20. The highest BCUT2D eigenvalue weighted by Crippen LogP contribution is 2.19. The fourth-order valence-electron chi connectivity index (χ4n) is 11.0. The Morgan fingerprint density at radius 2 is 0.607 bits per heavy atom. The Bertz CT molecular complexity index is 2590. The lowest BCUT2D eigenvalue weighted by molar-refractivity contribution is 0.0375. The van der Waals surface area contributed by atoms with E-state index in [1.807, 2.05) is 81.9 Å². The van der Waals surface area contributed by atoms with Crippen LogP contribution in [0.25, 0.3) is 0 Å². The molecule has 6 heterocycles. The molecule has 0 saturated carbocycles. The third kappa shape index (κ3) is 60.2. The largest absolute Gasteiger partial charge is 0.379 e. The second-order valence-corrected chi connectivity index (χ2v) is 34.4. The fourth-order valence-corrected chi connectivity index (χ4v) is 15.7. The molecule has 10 rings (SSSR count). The first-order valence-corrected chi connectivity index (χ1v) is 47.3. The summed E-state index contributed by atoms with van der Waals surface area (Å²) in [6.07, 6.45) is 8.29. The van der Waals surface area contributed by atoms with Crippen molar-refractivity contribution in [3.05, 3.63) is 144 Å². The molecule has 0 unspecified atom stereocenters. The second-order valence-electron chi connectivity index (χ2n) is 26.7. The molecule has 5 fully saturated rings. The van der Waals surface area contributed by atoms with Gasteiger partial charge in [0.1, 0.15) is 0 Å². The van der Waals surface area contributed by atoms with E-state index in [0.29, 0.717) is 0 Å². The van der Waals surface area contributed by atoms with E-state index in [0.717, 1.165) is 253 Å². The zero-order valence-corrected chi connectivity index (χ0v) is 72.6. The quantitative estimate of drug-likeness (QED) is 0.0147. The molecular formula is C82H144N14O4S7. The topological polar surface area (TPSA) is 144 Å². The van der Waals surface area contributed by atoms with Crippen molar-refractivity contribution in [2.75, 3.05) is 324 Å². The van der Waals surface area contributed by atoms with Gasteiger partial charge in [0.2, 0.25) is 0 Å². The first kappa shape index (κ1) is 97.3. The van der Waals surface area contributed by atoms with Gasteiger partial charge >= 0.3 is 0 Å². The monoisotopic (exact) mass is 1610 g/mol. The number of ether oxygens (including phenoxy) is 4. The minimum Gasteiger partial charge on any atom is -0.379 e. The Hall–Kier alpha value is -2.04. The van der Waals surface area contributed by atoms with Gasteiger partial charge in [0.25, 0.3) is 0 Å². The van der Waals surface area contributed by atoms with Crippen LogP contribution in [0.1, 0.15) is 24.1 Å². The molecule has 0 amide bonds. The maximum Gasteiger partial charge on any atom is 0.0594 e. The van der Waals surface area contributed by atoms with Crippen LogP contribution in [-0.4, -0.2) is 359 Å². The van der Waals surface area contributed by atoms with Gasteiger partial charge in [-0.15, -0.1) is 58.4 Å². The lowest BCUT2D eigenvalue weighted by Gasteiger charge is -2.26. The number of likely N-dealkylation sites (N-methyl/N-ethyl adjacent to an activating group) is 2. The number of hydrogen-bond acceptors (Lipinski definition) is 25. The van der Waals surface area contributed by atoms with Crippen LogP contribution in [0, 0.1) is 0 Å². The molecule has 0 spiro atoms. The zero-order chi connectivity index (χ0) is 75.9. The van der Waals surface area contributed by atoms with Crippen LogP contribution in [0.3, 0.4) is 0 Å². The molecule has 7 N–H and O–H groups in total. The Labute approximate surface area is 680 Å². The average molecular weight is 1610 g/mol. The summed E-state index contributed by atoms with van der Waals surface area (Å²) in [4.78, 5) is 23.6. The van der Waals surface area contributed by atoms with E-state index >= 15 is 0 Å². The van der Waals surface area contributed by atoms with Gasteiger partial charge in [-0.25, -0.2) is 0 Å². The standard InChI is InChI=1S/C15H24N2OS.C14H22N2OS.C14H22N2S.C12H20N2S.C11H18N2OS.C9H20N2OS.C7H18N2S/c1-2-5-15(6-3-1)19-14-8-16-7-4-9-17-10-12-18-13-11-17;1-2-4-14(5-3-1)18-13-7-15-6-8-16-9-11-17-12-10-16;1-2-6-14(7-3-1)17-13-9-15-8-12-16-10-4-5-11-16;1-14(2)10-8-13-9-11-15-12-6-4-3-5-7-12;1-2-11(15-9-1)10-12-3-4-13-5-7-14-8-6-13;1-13-9-3-10-2-4-11-5-7-12-8-6-11;1-9(2)6-4-8-5-7-10-3/h1-3,5-6,16H,4,7-14H2;1-5,15H,6-13H2;1-3,6-7,15H,4-5,8-13H2;3-7,13H,8-11H2,1-2H3;1-2,9,12H,3-8,10H2;10H,2-9H2,1H3;8H,4-7H2,1-3H3. The van der Waals surface area contributed by atoms with E-state index in [9.17, 15) is 0 Å². The van der Waals surface area contributed by atoms with Crippen molar-refractivity contribution in [2.45, 2.75) is 45.4 Å². The summed E-state index contributed by atoms with van der Waals surface area (Å²) in [6.45, 7) is 41.9. The molecule has 0 radical (unpaired) electrons. The summed E-state index contributed by atoms with van der Waals surface area (Å²) < 4.78 is 21.3. The van der Waals surface area contributed by atoms with Crippen LogP contribution in [0.4, 0.5) is 0 Å². The lowest BCUT2D eigenvalue weighted by Crippen LogP contribution is -2.40. The van der Waals surface area contributed by atoms with E-state index in [-0.39, 0.29) is 0 Å². The highest BCUT2D eigenvalue weighted by Gasteiger charge is 2.13. The Morgan fingerprint density at radius 3 is 0.916 bits per heavy atom. The summed E-state index contributed by atoms with van der Waals surface area (Å²) in [7, 11) is 8.38. The van der Waals surface area contributed by atoms with Gasteiger partial charge in [-0.3, -0.25) is 19.6 Å². The van der Waals surface area contributed by atoms with Gasteiger partial charge in [-0.2, -0.15) is 23.5 Å². The molecule has 4 aromatic carbocycles. The van der Waals surface area contributed by atoms with Crippen LogP contribution < -0.4 is 37.2 Å². The first-order valence-electron chi connectivity index (χ1n) is 39.7. The van der Waals surface area contributed by atoms with Gasteiger partial charge in [0.15, 0.2) is 0 Å². The molecule has 608 valence electrons. The summed E-state index contributed by atoms with van der Waals surface area (Å²) >= 11 is 13.2. The molecule has 107 heavy (non-hydrogen) atoms.